The van der Waals surface area contributed by atoms with E-state index in [0.717, 1.165) is 23.3 Å². The quantitative estimate of drug-likeness (QED) is 0.733. The number of ether oxygens (including phenoxy) is 1. The van der Waals surface area contributed by atoms with Gasteiger partial charge in [-0.1, -0.05) is 30.1 Å². The zero-order valence-corrected chi connectivity index (χ0v) is 9.46. The average molecular weight is 219 g/mol. The van der Waals surface area contributed by atoms with E-state index in [1.165, 1.54) is 0 Å². The van der Waals surface area contributed by atoms with E-state index in [4.69, 9.17) is 27.9 Å². The maximum Gasteiger partial charge on any atom is 0.124 e. The van der Waals surface area contributed by atoms with E-state index in [1.54, 1.807) is 7.11 Å². The maximum atomic E-state index is 6.12. The smallest absolute Gasteiger partial charge is 0.124 e. The average Bonchev–Trinajstić information content (AvgIpc) is 2.12. The molecule has 1 rings (SSSR count). The van der Waals surface area contributed by atoms with Crippen molar-refractivity contribution < 1.29 is 4.74 Å². The fraction of sp³-hybridized carbons (Fsp3) is 0.400. The molecule has 1 aromatic rings. The van der Waals surface area contributed by atoms with Gasteiger partial charge in [-0.3, -0.25) is 0 Å². The summed E-state index contributed by atoms with van der Waals surface area (Å²) in [6, 6.07) is 1.81. The van der Waals surface area contributed by atoms with Crippen LogP contribution in [0.2, 0.25) is 10.0 Å². The Morgan fingerprint density at radius 2 is 2.00 bits per heavy atom. The second-order valence-corrected chi connectivity index (χ2v) is 3.62. The molecule has 0 fully saturated rings. The van der Waals surface area contributed by atoms with Gasteiger partial charge in [-0.25, -0.2) is 0 Å². The normalized spacial score (nSPS) is 10.2. The Balaban J connectivity index is 3.37. The van der Waals surface area contributed by atoms with Crippen molar-refractivity contribution >= 4 is 23.2 Å². The van der Waals surface area contributed by atoms with Crippen LogP contribution in [-0.4, -0.2) is 7.11 Å². The number of hydrogen-bond acceptors (Lipinski definition) is 1. The van der Waals surface area contributed by atoms with Crippen LogP contribution in [0.1, 0.15) is 18.1 Å². The minimum atomic E-state index is 0.676. The van der Waals surface area contributed by atoms with Crippen LogP contribution in [0.3, 0.4) is 0 Å². The minimum Gasteiger partial charge on any atom is -0.496 e. The lowest BCUT2D eigenvalue weighted by Crippen LogP contribution is -1.93. The molecule has 0 aliphatic rings. The molecule has 1 aromatic carbocycles. The molecular weight excluding hydrogens is 207 g/mol. The highest BCUT2D eigenvalue weighted by Crippen LogP contribution is 2.34. The van der Waals surface area contributed by atoms with Gasteiger partial charge in [-0.15, -0.1) is 0 Å². The van der Waals surface area contributed by atoms with Crippen molar-refractivity contribution in [2.75, 3.05) is 7.11 Å². The molecule has 0 aromatic heterocycles. The van der Waals surface area contributed by atoms with Gasteiger partial charge >= 0.3 is 0 Å². The third kappa shape index (κ3) is 1.92. The third-order valence-corrected chi connectivity index (χ3v) is 2.93. The molecule has 0 radical (unpaired) electrons. The highest BCUT2D eigenvalue weighted by molar-refractivity contribution is 6.36. The van der Waals surface area contributed by atoms with E-state index in [0.29, 0.717) is 10.0 Å². The van der Waals surface area contributed by atoms with Crippen LogP contribution in [0.15, 0.2) is 6.07 Å². The SMILES string of the molecule is CCc1c(Cl)cc(OC)c(C)c1Cl. The molecule has 3 heteroatoms. The zero-order valence-electron chi connectivity index (χ0n) is 7.95. The predicted molar refractivity (Wildman–Crippen MR) is 57.1 cm³/mol. The molecule has 0 aliphatic heterocycles. The van der Waals surface area contributed by atoms with Gasteiger partial charge in [0.15, 0.2) is 0 Å². The summed E-state index contributed by atoms with van der Waals surface area (Å²) in [5, 5.41) is 1.39. The van der Waals surface area contributed by atoms with Crippen LogP contribution in [-0.2, 0) is 6.42 Å². The number of halogens is 2. The molecule has 0 saturated carbocycles. The minimum absolute atomic E-state index is 0.676. The van der Waals surface area contributed by atoms with Crippen molar-refractivity contribution in [1.82, 2.24) is 0 Å². The molecule has 1 nitrogen and oxygen atoms in total. The van der Waals surface area contributed by atoms with Crippen LogP contribution >= 0.6 is 23.2 Å². The molecule has 72 valence electrons. The largest absolute Gasteiger partial charge is 0.496 e. The van der Waals surface area contributed by atoms with Crippen LogP contribution in [0.4, 0.5) is 0 Å². The van der Waals surface area contributed by atoms with Crippen molar-refractivity contribution in [1.29, 1.82) is 0 Å². The number of methoxy groups -OCH3 is 1. The molecule has 0 heterocycles. The molecule has 0 saturated heterocycles. The van der Waals surface area contributed by atoms with E-state index >= 15 is 0 Å². The Kier molecular flexibility index (Phi) is 3.46. The summed E-state index contributed by atoms with van der Waals surface area (Å²) in [5.74, 6) is 0.743. The molecular formula is C10H12Cl2O. The number of hydrogen-bond donors (Lipinski definition) is 0. The Labute approximate surface area is 88.6 Å². The summed E-state index contributed by atoms with van der Waals surface area (Å²) < 4.78 is 5.14. The second kappa shape index (κ2) is 4.21. The highest BCUT2D eigenvalue weighted by atomic mass is 35.5. The van der Waals surface area contributed by atoms with Crippen LogP contribution in [0.25, 0.3) is 0 Å². The van der Waals surface area contributed by atoms with Gasteiger partial charge in [-0.2, -0.15) is 0 Å². The summed E-state index contributed by atoms with van der Waals surface area (Å²) in [4.78, 5) is 0. The second-order valence-electron chi connectivity index (χ2n) is 2.83. The van der Waals surface area contributed by atoms with Gasteiger partial charge < -0.3 is 4.74 Å². The van der Waals surface area contributed by atoms with E-state index in [-0.39, 0.29) is 0 Å². The van der Waals surface area contributed by atoms with Crippen LogP contribution < -0.4 is 4.74 Å². The molecule has 13 heavy (non-hydrogen) atoms. The van der Waals surface area contributed by atoms with Crippen molar-refractivity contribution in [3.05, 3.63) is 27.2 Å². The van der Waals surface area contributed by atoms with Gasteiger partial charge in [0.25, 0.3) is 0 Å². The van der Waals surface area contributed by atoms with E-state index in [9.17, 15) is 0 Å². The van der Waals surface area contributed by atoms with Crippen molar-refractivity contribution in [2.45, 2.75) is 20.3 Å². The Hall–Kier alpha value is -0.400. The lowest BCUT2D eigenvalue weighted by Gasteiger charge is -2.11. The molecule has 0 unspecified atom stereocenters. The first kappa shape index (κ1) is 10.7. The highest BCUT2D eigenvalue weighted by Gasteiger charge is 2.11. The van der Waals surface area contributed by atoms with E-state index in [1.807, 2.05) is 19.9 Å². The van der Waals surface area contributed by atoms with Crippen molar-refractivity contribution in [3.8, 4) is 5.75 Å². The molecule has 0 aliphatic carbocycles. The van der Waals surface area contributed by atoms with Crippen molar-refractivity contribution in [3.63, 3.8) is 0 Å². The lowest BCUT2D eigenvalue weighted by atomic mass is 10.1. The number of benzene rings is 1. The molecule has 0 spiro atoms. The standard InChI is InChI=1S/C10H12Cl2O/c1-4-7-8(11)5-9(13-3)6(2)10(7)12/h5H,4H2,1-3H3. The first-order valence-corrected chi connectivity index (χ1v) is 4.88. The van der Waals surface area contributed by atoms with Gasteiger partial charge in [0.1, 0.15) is 5.75 Å². The molecule has 0 atom stereocenters. The summed E-state index contributed by atoms with van der Waals surface area (Å²) in [5.41, 5.74) is 1.94. The first-order valence-electron chi connectivity index (χ1n) is 4.13. The molecule has 0 N–H and O–H groups in total. The molecule has 0 amide bonds. The van der Waals surface area contributed by atoms with Crippen LogP contribution in [0.5, 0.6) is 5.75 Å². The lowest BCUT2D eigenvalue weighted by molar-refractivity contribution is 0.411. The first-order chi connectivity index (χ1) is 6.11. The fourth-order valence-electron chi connectivity index (χ4n) is 1.29. The van der Waals surface area contributed by atoms with Gasteiger partial charge in [0, 0.05) is 10.6 Å². The Bertz CT molecular complexity index is 321. The predicted octanol–water partition coefficient (Wildman–Crippen LogP) is 3.87. The Morgan fingerprint density at radius 1 is 1.38 bits per heavy atom. The zero-order chi connectivity index (χ0) is 10.0. The van der Waals surface area contributed by atoms with Crippen LogP contribution in [0, 0.1) is 6.92 Å². The summed E-state index contributed by atoms with van der Waals surface area (Å²) >= 11 is 12.1. The van der Waals surface area contributed by atoms with Gasteiger partial charge in [0.2, 0.25) is 0 Å². The summed E-state index contributed by atoms with van der Waals surface area (Å²) in [6.45, 7) is 3.95. The monoisotopic (exact) mass is 218 g/mol. The number of rotatable bonds is 2. The van der Waals surface area contributed by atoms with E-state index < -0.39 is 0 Å². The summed E-state index contributed by atoms with van der Waals surface area (Å²) in [6.07, 6.45) is 0.836. The third-order valence-electron chi connectivity index (χ3n) is 2.08. The fourth-order valence-corrected chi connectivity index (χ4v) is 1.99. The van der Waals surface area contributed by atoms with Crippen molar-refractivity contribution in [2.24, 2.45) is 0 Å². The Morgan fingerprint density at radius 3 is 2.46 bits per heavy atom. The van der Waals surface area contributed by atoms with Gasteiger partial charge in [-0.05, 0) is 25.0 Å². The summed E-state index contributed by atoms with van der Waals surface area (Å²) in [7, 11) is 1.61. The maximum absolute atomic E-state index is 6.12. The molecule has 0 bridgehead atoms. The van der Waals surface area contributed by atoms with Gasteiger partial charge in [0.05, 0.1) is 12.1 Å². The van der Waals surface area contributed by atoms with E-state index in [2.05, 4.69) is 0 Å². The topological polar surface area (TPSA) is 9.23 Å².